The Morgan fingerprint density at radius 3 is 2.75 bits per heavy atom. The van der Waals surface area contributed by atoms with Gasteiger partial charge in [0.15, 0.2) is 0 Å². The summed E-state index contributed by atoms with van der Waals surface area (Å²) >= 11 is 1.32. The zero-order valence-electron chi connectivity index (χ0n) is 8.84. The fourth-order valence-corrected chi connectivity index (χ4v) is 1.67. The molecule has 0 spiro atoms. The second-order valence-corrected chi connectivity index (χ2v) is 3.74. The van der Waals surface area contributed by atoms with Crippen molar-refractivity contribution in [3.63, 3.8) is 0 Å². The van der Waals surface area contributed by atoms with Gasteiger partial charge in [-0.15, -0.1) is 0 Å². The lowest BCUT2D eigenvalue weighted by molar-refractivity contribution is -0.137. The van der Waals surface area contributed by atoms with E-state index in [1.807, 2.05) is 36.4 Å². The maximum absolute atomic E-state index is 11.3. The van der Waals surface area contributed by atoms with Crippen molar-refractivity contribution in [2.45, 2.75) is 11.8 Å². The first-order valence-electron chi connectivity index (χ1n) is 4.77. The molecule has 0 aliphatic carbocycles. The van der Waals surface area contributed by atoms with E-state index in [4.69, 9.17) is 10.00 Å². The first-order chi connectivity index (χ1) is 7.77. The summed E-state index contributed by atoms with van der Waals surface area (Å²) in [5.74, 6) is -0.576. The highest BCUT2D eigenvalue weighted by atomic mass is 32.2. The molecular formula is C12H11NO2S. The number of nitriles is 1. The van der Waals surface area contributed by atoms with Gasteiger partial charge >= 0.3 is 5.97 Å². The van der Waals surface area contributed by atoms with Crippen molar-refractivity contribution in [1.29, 1.82) is 5.26 Å². The molecule has 1 rings (SSSR count). The number of thioether (sulfide) groups is 1. The first-order valence-corrected chi connectivity index (χ1v) is 5.65. The van der Waals surface area contributed by atoms with E-state index < -0.39 is 5.97 Å². The average Bonchev–Trinajstić information content (AvgIpc) is 2.31. The van der Waals surface area contributed by atoms with Crippen molar-refractivity contribution in [1.82, 2.24) is 0 Å². The Bertz CT molecular complexity index is 420. The van der Waals surface area contributed by atoms with Gasteiger partial charge in [-0.1, -0.05) is 30.0 Å². The highest BCUT2D eigenvalue weighted by Gasteiger charge is 2.08. The fraction of sp³-hybridized carbons (Fsp3) is 0.167. The molecular weight excluding hydrogens is 222 g/mol. The van der Waals surface area contributed by atoms with Gasteiger partial charge in [-0.25, -0.2) is 4.79 Å². The summed E-state index contributed by atoms with van der Waals surface area (Å²) in [7, 11) is 0. The summed E-state index contributed by atoms with van der Waals surface area (Å²) in [4.78, 5) is 12.2. The molecule has 0 aromatic heterocycles. The van der Waals surface area contributed by atoms with Crippen molar-refractivity contribution in [2.75, 3.05) is 6.61 Å². The molecule has 0 atom stereocenters. The topological polar surface area (TPSA) is 50.1 Å². The molecule has 4 heteroatoms. The fourth-order valence-electron chi connectivity index (χ4n) is 0.955. The van der Waals surface area contributed by atoms with E-state index in [-0.39, 0.29) is 12.2 Å². The lowest BCUT2D eigenvalue weighted by atomic mass is 10.3. The Morgan fingerprint density at radius 2 is 2.19 bits per heavy atom. The summed E-state index contributed by atoms with van der Waals surface area (Å²) in [6, 6.07) is 11.3. The zero-order valence-corrected chi connectivity index (χ0v) is 9.66. The normalized spacial score (nSPS) is 10.6. The lowest BCUT2D eigenvalue weighted by Gasteiger charge is -1.99. The Labute approximate surface area is 98.7 Å². The molecule has 82 valence electrons. The summed E-state index contributed by atoms with van der Waals surface area (Å²) in [6.45, 7) is 1.98. The molecule has 3 nitrogen and oxygen atoms in total. The molecule has 1 aromatic rings. The second kappa shape index (κ2) is 6.70. The molecule has 1 aromatic carbocycles. The molecule has 0 unspecified atom stereocenters. The van der Waals surface area contributed by atoms with Gasteiger partial charge in [-0.05, 0) is 19.1 Å². The van der Waals surface area contributed by atoms with Crippen LogP contribution in [0.25, 0.3) is 0 Å². The molecule has 0 aliphatic rings. The van der Waals surface area contributed by atoms with Gasteiger partial charge in [0.25, 0.3) is 0 Å². The Morgan fingerprint density at radius 1 is 1.50 bits per heavy atom. The smallest absolute Gasteiger partial charge is 0.349 e. The van der Waals surface area contributed by atoms with E-state index >= 15 is 0 Å². The predicted molar refractivity (Wildman–Crippen MR) is 62.6 cm³/mol. The molecule has 0 N–H and O–H groups in total. The number of nitrogens with zero attached hydrogens (tertiary/aromatic N) is 1. The number of hydrogen-bond acceptors (Lipinski definition) is 4. The van der Waals surface area contributed by atoms with Crippen LogP contribution in [-0.2, 0) is 9.53 Å². The van der Waals surface area contributed by atoms with Crippen LogP contribution in [0.5, 0.6) is 0 Å². The van der Waals surface area contributed by atoms with E-state index in [9.17, 15) is 4.79 Å². The van der Waals surface area contributed by atoms with Gasteiger partial charge in [-0.3, -0.25) is 0 Å². The molecule has 0 amide bonds. The van der Waals surface area contributed by atoms with Crippen LogP contribution in [0, 0.1) is 11.3 Å². The number of carbonyl (C=O) groups excluding carboxylic acids is 1. The average molecular weight is 233 g/mol. The minimum atomic E-state index is -0.576. The quantitative estimate of drug-likeness (QED) is 0.347. The Kier molecular flexibility index (Phi) is 5.17. The van der Waals surface area contributed by atoms with E-state index in [1.165, 1.54) is 17.2 Å². The van der Waals surface area contributed by atoms with Crippen LogP contribution in [0.3, 0.4) is 0 Å². The predicted octanol–water partition coefficient (Wildman–Crippen LogP) is 2.75. The van der Waals surface area contributed by atoms with Gasteiger partial charge in [0.2, 0.25) is 0 Å². The highest BCUT2D eigenvalue weighted by Crippen LogP contribution is 2.20. The lowest BCUT2D eigenvalue weighted by Crippen LogP contribution is -2.05. The van der Waals surface area contributed by atoms with Crippen molar-refractivity contribution < 1.29 is 9.53 Å². The van der Waals surface area contributed by atoms with Crippen LogP contribution in [0.4, 0.5) is 0 Å². The van der Waals surface area contributed by atoms with Gasteiger partial charge in [0, 0.05) is 10.3 Å². The van der Waals surface area contributed by atoms with Gasteiger partial charge in [0.1, 0.15) is 11.6 Å². The molecule has 0 radical (unpaired) electrons. The summed E-state index contributed by atoms with van der Waals surface area (Å²) in [5, 5.41) is 10.3. The van der Waals surface area contributed by atoms with E-state index in [0.29, 0.717) is 0 Å². The second-order valence-electron chi connectivity index (χ2n) is 2.79. The number of carbonyl (C=O) groups is 1. The number of hydrogen-bond donors (Lipinski definition) is 0. The van der Waals surface area contributed by atoms with Crippen LogP contribution >= 0.6 is 11.8 Å². The maximum Gasteiger partial charge on any atom is 0.349 e. The third-order valence-corrected chi connectivity index (χ3v) is 2.57. The standard InChI is InChI=1S/C12H11NO2S/c1-2-15-12(14)10(8-13)9-16-11-6-4-3-5-7-11/h3-7,9H,2H2,1H3/b10-9+. The van der Waals surface area contributed by atoms with Crippen LogP contribution in [0.2, 0.25) is 0 Å². The summed E-state index contributed by atoms with van der Waals surface area (Å²) < 4.78 is 4.74. The van der Waals surface area contributed by atoms with Crippen LogP contribution in [-0.4, -0.2) is 12.6 Å². The van der Waals surface area contributed by atoms with Gasteiger partial charge in [0.05, 0.1) is 6.61 Å². The maximum atomic E-state index is 11.3. The van der Waals surface area contributed by atoms with Crippen molar-refractivity contribution in [3.8, 4) is 6.07 Å². The molecule has 16 heavy (non-hydrogen) atoms. The Hall–Kier alpha value is -1.73. The number of ether oxygens (including phenoxy) is 1. The van der Waals surface area contributed by atoms with Crippen LogP contribution in [0.1, 0.15) is 6.92 Å². The minimum absolute atomic E-state index is 0.0238. The highest BCUT2D eigenvalue weighted by molar-refractivity contribution is 8.02. The van der Waals surface area contributed by atoms with Crippen molar-refractivity contribution in [2.24, 2.45) is 0 Å². The molecule has 0 saturated carbocycles. The van der Waals surface area contributed by atoms with E-state index in [2.05, 4.69) is 0 Å². The molecule has 0 aliphatic heterocycles. The monoisotopic (exact) mass is 233 g/mol. The van der Waals surface area contributed by atoms with E-state index in [0.717, 1.165) is 4.90 Å². The third-order valence-electron chi connectivity index (χ3n) is 1.67. The van der Waals surface area contributed by atoms with Crippen molar-refractivity contribution in [3.05, 3.63) is 41.3 Å². The van der Waals surface area contributed by atoms with Gasteiger partial charge < -0.3 is 4.74 Å². The number of rotatable bonds is 4. The van der Waals surface area contributed by atoms with Crippen LogP contribution in [0.15, 0.2) is 46.2 Å². The molecule has 0 saturated heterocycles. The van der Waals surface area contributed by atoms with Crippen molar-refractivity contribution >= 4 is 17.7 Å². The largest absolute Gasteiger partial charge is 0.462 e. The van der Waals surface area contributed by atoms with Crippen LogP contribution < -0.4 is 0 Å². The summed E-state index contributed by atoms with van der Waals surface area (Å²) in [6.07, 6.45) is 0. The SMILES string of the molecule is CCOC(=O)/C(C#N)=C/Sc1ccccc1. The third kappa shape index (κ3) is 3.79. The first kappa shape index (κ1) is 12.3. The zero-order chi connectivity index (χ0) is 11.8. The van der Waals surface area contributed by atoms with E-state index in [1.54, 1.807) is 6.92 Å². The van der Waals surface area contributed by atoms with Gasteiger partial charge in [-0.2, -0.15) is 5.26 Å². The molecule has 0 bridgehead atoms. The molecule has 0 heterocycles. The minimum Gasteiger partial charge on any atom is -0.462 e. The summed E-state index contributed by atoms with van der Waals surface area (Å²) in [5.41, 5.74) is 0.0238. The molecule has 0 fully saturated rings. The number of benzene rings is 1. The number of esters is 1. The Balaban J connectivity index is 2.68.